The first-order valence-corrected chi connectivity index (χ1v) is 7.91. The highest BCUT2D eigenvalue weighted by Crippen LogP contribution is 2.40. The fourth-order valence-electron chi connectivity index (χ4n) is 1.78. The minimum atomic E-state index is -4.43. The molecule has 0 aliphatic rings. The Morgan fingerprint density at radius 2 is 1.91 bits per heavy atom. The predicted octanol–water partition coefficient (Wildman–Crippen LogP) is 5.32. The van der Waals surface area contributed by atoms with Gasteiger partial charge in [-0.2, -0.15) is 13.2 Å². The van der Waals surface area contributed by atoms with E-state index in [0.29, 0.717) is 10.2 Å². The van der Waals surface area contributed by atoms with E-state index < -0.39 is 11.4 Å². The Morgan fingerprint density at radius 1 is 1.22 bits per heavy atom. The first-order valence-electron chi connectivity index (χ1n) is 6.30. The lowest BCUT2D eigenvalue weighted by Gasteiger charge is -2.13. The van der Waals surface area contributed by atoms with Crippen LogP contribution < -0.4 is 10.1 Å². The van der Waals surface area contributed by atoms with Gasteiger partial charge in [0.1, 0.15) is 5.75 Å². The maximum absolute atomic E-state index is 12.6. The van der Waals surface area contributed by atoms with Crippen molar-refractivity contribution in [3.05, 3.63) is 52.5 Å². The van der Waals surface area contributed by atoms with Crippen LogP contribution >= 0.6 is 27.7 Å². The van der Waals surface area contributed by atoms with E-state index in [1.807, 2.05) is 0 Å². The normalized spacial score (nSPS) is 11.2. The number of halogens is 4. The van der Waals surface area contributed by atoms with Crippen LogP contribution in [0.5, 0.6) is 5.75 Å². The minimum absolute atomic E-state index is 0.0765. The number of rotatable bonds is 4. The summed E-state index contributed by atoms with van der Waals surface area (Å²) < 4.78 is 43.3. The molecule has 0 radical (unpaired) electrons. The molecule has 0 aromatic heterocycles. The molecule has 1 N–H and O–H groups in total. The molecule has 0 spiro atoms. The number of amides is 1. The highest BCUT2D eigenvalue weighted by molar-refractivity contribution is 9.10. The van der Waals surface area contributed by atoms with Crippen LogP contribution in [0.2, 0.25) is 0 Å². The van der Waals surface area contributed by atoms with E-state index in [-0.39, 0.29) is 27.9 Å². The van der Waals surface area contributed by atoms with Gasteiger partial charge in [-0.05, 0) is 58.0 Å². The van der Waals surface area contributed by atoms with Gasteiger partial charge in [-0.3, -0.25) is 4.79 Å². The number of nitrogens with one attached hydrogen (secondary N) is 1. The summed E-state index contributed by atoms with van der Waals surface area (Å²) >= 11 is 2.96. The van der Waals surface area contributed by atoms with Crippen LogP contribution in [0.4, 0.5) is 18.9 Å². The topological polar surface area (TPSA) is 38.3 Å². The molecular formula is C15H11BrF3NO2S. The fraction of sp³-hybridized carbons (Fsp3) is 0.133. The molecule has 2 aromatic rings. The number of anilines is 1. The van der Waals surface area contributed by atoms with E-state index in [0.717, 1.165) is 0 Å². The summed E-state index contributed by atoms with van der Waals surface area (Å²) in [5, 5.41) is 2.50. The van der Waals surface area contributed by atoms with Crippen molar-refractivity contribution in [1.29, 1.82) is 0 Å². The first kappa shape index (κ1) is 17.7. The number of alkyl halides is 3. The average Bonchev–Trinajstić information content (AvgIpc) is 2.48. The van der Waals surface area contributed by atoms with Crippen LogP contribution in [0, 0.1) is 0 Å². The summed E-state index contributed by atoms with van der Waals surface area (Å²) in [7, 11) is 1.46. The van der Waals surface area contributed by atoms with E-state index in [2.05, 4.69) is 21.2 Å². The lowest BCUT2D eigenvalue weighted by Crippen LogP contribution is -2.14. The van der Waals surface area contributed by atoms with Crippen molar-refractivity contribution >= 4 is 39.3 Å². The molecule has 8 heteroatoms. The fourth-order valence-corrected chi connectivity index (χ4v) is 2.83. The standard InChI is InChI=1S/C15H11BrF3NO2S/c1-22-9-6-7-11(16)10(8-9)14(21)20-12-4-2-3-5-13(12)23-15(17,18)19/h2-8H,1H3,(H,20,21). The van der Waals surface area contributed by atoms with Gasteiger partial charge in [0.05, 0.1) is 18.4 Å². The molecule has 3 nitrogen and oxygen atoms in total. The van der Waals surface area contributed by atoms with Gasteiger partial charge >= 0.3 is 5.51 Å². The molecule has 0 bridgehead atoms. The molecule has 2 aromatic carbocycles. The number of hydrogen-bond donors (Lipinski definition) is 1. The Morgan fingerprint density at radius 3 is 2.57 bits per heavy atom. The van der Waals surface area contributed by atoms with Crippen molar-refractivity contribution in [3.63, 3.8) is 0 Å². The summed E-state index contributed by atoms with van der Waals surface area (Å²) in [6.45, 7) is 0. The third-order valence-electron chi connectivity index (χ3n) is 2.78. The molecule has 2 rings (SSSR count). The van der Waals surface area contributed by atoms with Gasteiger partial charge in [0.25, 0.3) is 5.91 Å². The van der Waals surface area contributed by atoms with Crippen LogP contribution in [-0.2, 0) is 0 Å². The second-order valence-electron chi connectivity index (χ2n) is 4.34. The molecule has 0 saturated heterocycles. The van der Waals surface area contributed by atoms with Gasteiger partial charge in [-0.15, -0.1) is 0 Å². The Labute approximate surface area is 143 Å². The number of methoxy groups -OCH3 is 1. The van der Waals surface area contributed by atoms with Crippen molar-refractivity contribution in [1.82, 2.24) is 0 Å². The Hall–Kier alpha value is -1.67. The lowest BCUT2D eigenvalue weighted by molar-refractivity contribution is -0.0328. The minimum Gasteiger partial charge on any atom is -0.497 e. The van der Waals surface area contributed by atoms with E-state index in [4.69, 9.17) is 4.74 Å². The van der Waals surface area contributed by atoms with Gasteiger partial charge in [-0.25, -0.2) is 0 Å². The molecule has 0 unspecified atom stereocenters. The van der Waals surface area contributed by atoms with Crippen molar-refractivity contribution in [2.45, 2.75) is 10.4 Å². The summed E-state index contributed by atoms with van der Waals surface area (Å²) in [5.41, 5.74) is -4.08. The molecule has 0 saturated carbocycles. The zero-order chi connectivity index (χ0) is 17.0. The number of para-hydroxylation sites is 1. The summed E-state index contributed by atoms with van der Waals surface area (Å²) in [4.78, 5) is 12.3. The van der Waals surface area contributed by atoms with E-state index >= 15 is 0 Å². The molecule has 0 atom stereocenters. The van der Waals surface area contributed by atoms with Crippen LogP contribution in [0.15, 0.2) is 51.8 Å². The second kappa shape index (κ2) is 7.27. The molecule has 0 fully saturated rings. The number of carbonyl (C=O) groups is 1. The van der Waals surface area contributed by atoms with Crippen molar-refractivity contribution in [3.8, 4) is 5.75 Å². The number of ether oxygens (including phenoxy) is 1. The third kappa shape index (κ3) is 4.90. The van der Waals surface area contributed by atoms with Gasteiger partial charge in [0, 0.05) is 9.37 Å². The van der Waals surface area contributed by atoms with E-state index in [1.165, 1.54) is 31.4 Å². The van der Waals surface area contributed by atoms with Gasteiger partial charge in [-0.1, -0.05) is 12.1 Å². The Bertz CT molecular complexity index is 722. The van der Waals surface area contributed by atoms with E-state index in [1.54, 1.807) is 18.2 Å². The molecule has 1 amide bonds. The number of benzene rings is 2. The largest absolute Gasteiger partial charge is 0.497 e. The van der Waals surface area contributed by atoms with Crippen LogP contribution in [0.1, 0.15) is 10.4 Å². The maximum atomic E-state index is 12.6. The molecule has 0 aliphatic heterocycles. The summed E-state index contributed by atoms with van der Waals surface area (Å²) in [6, 6.07) is 10.5. The molecule has 122 valence electrons. The van der Waals surface area contributed by atoms with Gasteiger partial charge in [0.15, 0.2) is 0 Å². The smallest absolute Gasteiger partial charge is 0.446 e. The lowest BCUT2D eigenvalue weighted by atomic mass is 10.2. The van der Waals surface area contributed by atoms with Gasteiger partial charge in [0.2, 0.25) is 0 Å². The monoisotopic (exact) mass is 405 g/mol. The third-order valence-corrected chi connectivity index (χ3v) is 4.28. The van der Waals surface area contributed by atoms with Crippen molar-refractivity contribution in [2.75, 3.05) is 12.4 Å². The van der Waals surface area contributed by atoms with Crippen molar-refractivity contribution in [2.24, 2.45) is 0 Å². The van der Waals surface area contributed by atoms with Crippen molar-refractivity contribution < 1.29 is 22.7 Å². The maximum Gasteiger partial charge on any atom is 0.446 e. The number of hydrogen-bond acceptors (Lipinski definition) is 3. The average molecular weight is 406 g/mol. The summed E-state index contributed by atoms with van der Waals surface area (Å²) in [6.07, 6.45) is 0. The Balaban J connectivity index is 2.27. The molecule has 0 heterocycles. The Kier molecular flexibility index (Phi) is 5.59. The molecule has 0 aliphatic carbocycles. The zero-order valence-corrected chi connectivity index (χ0v) is 14.2. The first-order chi connectivity index (χ1) is 10.8. The summed E-state index contributed by atoms with van der Waals surface area (Å²) in [5.74, 6) is -0.0673. The van der Waals surface area contributed by atoms with Crippen LogP contribution in [-0.4, -0.2) is 18.5 Å². The highest BCUT2D eigenvalue weighted by atomic mass is 79.9. The van der Waals surface area contributed by atoms with Gasteiger partial charge < -0.3 is 10.1 Å². The van der Waals surface area contributed by atoms with Crippen LogP contribution in [0.25, 0.3) is 0 Å². The highest BCUT2D eigenvalue weighted by Gasteiger charge is 2.30. The van der Waals surface area contributed by atoms with Crippen LogP contribution in [0.3, 0.4) is 0 Å². The molecular weight excluding hydrogens is 395 g/mol. The quantitative estimate of drug-likeness (QED) is 0.699. The number of thioether (sulfide) groups is 1. The molecule has 23 heavy (non-hydrogen) atoms. The second-order valence-corrected chi connectivity index (χ2v) is 6.31. The van der Waals surface area contributed by atoms with E-state index in [9.17, 15) is 18.0 Å². The SMILES string of the molecule is COc1ccc(Br)c(C(=O)Nc2ccccc2SC(F)(F)F)c1. The predicted molar refractivity (Wildman–Crippen MR) is 87.0 cm³/mol. The number of carbonyl (C=O) groups excluding carboxylic acids is 1. The zero-order valence-electron chi connectivity index (χ0n) is 11.8.